The van der Waals surface area contributed by atoms with Crippen LogP contribution in [0.25, 0.3) is 0 Å². The molecule has 3 saturated carbocycles. The number of halogens is 4. The van der Waals surface area contributed by atoms with E-state index in [1.807, 2.05) is 12.1 Å². The predicted octanol–water partition coefficient (Wildman–Crippen LogP) is 4.14. The van der Waals surface area contributed by atoms with Crippen LogP contribution in [-0.4, -0.2) is 48.6 Å². The molecule has 198 valence electrons. The second-order valence-corrected chi connectivity index (χ2v) is 11.1. The Bertz CT molecular complexity index is 1260. The summed E-state index contributed by atoms with van der Waals surface area (Å²) in [6, 6.07) is 9.39. The second kappa shape index (κ2) is 8.49. The molecule has 2 aromatic carbocycles. The summed E-state index contributed by atoms with van der Waals surface area (Å²) in [6.07, 6.45) is 1.82. The monoisotopic (exact) mass is 520 g/mol. The molecule has 3 aliphatic carbocycles. The molecule has 0 unspecified atom stereocenters. The van der Waals surface area contributed by atoms with Gasteiger partial charge in [0.15, 0.2) is 5.60 Å². The zero-order chi connectivity index (χ0) is 26.7. The minimum atomic E-state index is -3.77. The third-order valence-electron chi connectivity index (χ3n) is 7.82. The molecule has 0 aliphatic heterocycles. The number of rotatable bonds is 10. The highest BCUT2D eigenvalue weighted by Gasteiger charge is 2.82. The molecular formula is C26H28F4N4O3. The maximum Gasteiger partial charge on any atom is 0.287 e. The van der Waals surface area contributed by atoms with Gasteiger partial charge in [0.25, 0.3) is 5.92 Å². The van der Waals surface area contributed by atoms with Gasteiger partial charge in [-0.05, 0) is 78.8 Å². The van der Waals surface area contributed by atoms with Crippen LogP contribution in [0.5, 0.6) is 5.75 Å². The highest BCUT2D eigenvalue weighted by atomic mass is 19.3. The summed E-state index contributed by atoms with van der Waals surface area (Å²) in [6.45, 7) is 2.93. The minimum absolute atomic E-state index is 0.104. The van der Waals surface area contributed by atoms with Crippen LogP contribution in [0, 0.1) is 17.0 Å². The van der Waals surface area contributed by atoms with Crippen LogP contribution in [0.3, 0.4) is 0 Å². The third-order valence-corrected chi connectivity index (χ3v) is 7.82. The van der Waals surface area contributed by atoms with Crippen molar-refractivity contribution < 1.29 is 32.5 Å². The minimum Gasteiger partial charge on any atom is -0.493 e. The van der Waals surface area contributed by atoms with Crippen molar-refractivity contribution in [1.82, 2.24) is 20.2 Å². The Morgan fingerprint density at radius 1 is 1.03 bits per heavy atom. The van der Waals surface area contributed by atoms with E-state index in [0.717, 1.165) is 28.7 Å². The van der Waals surface area contributed by atoms with Gasteiger partial charge in [-0.2, -0.15) is 0 Å². The predicted molar refractivity (Wildman–Crippen MR) is 124 cm³/mol. The van der Waals surface area contributed by atoms with Gasteiger partial charge >= 0.3 is 0 Å². The summed E-state index contributed by atoms with van der Waals surface area (Å²) in [5.74, 6) is -5.36. The maximum absolute atomic E-state index is 16.3. The highest BCUT2D eigenvalue weighted by molar-refractivity contribution is 5.44. The van der Waals surface area contributed by atoms with Crippen molar-refractivity contribution in [1.29, 1.82) is 0 Å². The summed E-state index contributed by atoms with van der Waals surface area (Å²) < 4.78 is 67.4. The number of tetrazole rings is 1. The molecule has 7 nitrogen and oxygen atoms in total. The Labute approximate surface area is 211 Å². The van der Waals surface area contributed by atoms with E-state index in [4.69, 9.17) is 4.74 Å². The number of nitrogens with zero attached hydrogens (tertiary/aromatic N) is 4. The van der Waals surface area contributed by atoms with Crippen LogP contribution in [0.2, 0.25) is 0 Å². The van der Waals surface area contributed by atoms with Crippen LogP contribution >= 0.6 is 0 Å². The van der Waals surface area contributed by atoms with Gasteiger partial charge in [0.05, 0.1) is 18.8 Å². The van der Waals surface area contributed by atoms with Crippen molar-refractivity contribution in [2.24, 2.45) is 5.41 Å². The lowest BCUT2D eigenvalue weighted by Gasteiger charge is -2.74. The number of ether oxygens (including phenoxy) is 1. The Hall–Kier alpha value is -3.05. The van der Waals surface area contributed by atoms with Gasteiger partial charge in [-0.3, -0.25) is 0 Å². The average molecular weight is 521 g/mol. The molecule has 3 aliphatic rings. The fraction of sp³-hybridized carbons (Fsp3) is 0.500. The molecule has 11 heteroatoms. The lowest BCUT2D eigenvalue weighted by atomic mass is 9.30. The van der Waals surface area contributed by atoms with Crippen molar-refractivity contribution in [3.8, 4) is 5.75 Å². The zero-order valence-corrected chi connectivity index (χ0v) is 20.5. The van der Waals surface area contributed by atoms with Crippen LogP contribution in [-0.2, 0) is 17.6 Å². The molecule has 3 aromatic rings. The molecule has 1 heterocycles. The maximum atomic E-state index is 16.3. The van der Waals surface area contributed by atoms with Crippen LogP contribution in [0.1, 0.15) is 50.7 Å². The van der Waals surface area contributed by atoms with Crippen molar-refractivity contribution in [3.05, 3.63) is 71.6 Å². The summed E-state index contributed by atoms with van der Waals surface area (Å²) in [4.78, 5) is 0. The molecular weight excluding hydrogens is 492 g/mol. The normalized spacial score (nSPS) is 24.6. The number of benzene rings is 2. The first-order valence-electron chi connectivity index (χ1n) is 12.0. The number of aliphatic hydroxyl groups is 2. The molecule has 1 atom stereocenters. The highest BCUT2D eigenvalue weighted by Crippen LogP contribution is 2.80. The Kier molecular flexibility index (Phi) is 5.87. The topological polar surface area (TPSA) is 93.3 Å². The first kappa shape index (κ1) is 25.6. The van der Waals surface area contributed by atoms with E-state index in [2.05, 4.69) is 15.5 Å². The smallest absolute Gasteiger partial charge is 0.287 e. The molecule has 1 aromatic heterocycles. The van der Waals surface area contributed by atoms with E-state index < -0.39 is 51.7 Å². The van der Waals surface area contributed by atoms with Gasteiger partial charge in [0.2, 0.25) is 0 Å². The fourth-order valence-electron chi connectivity index (χ4n) is 5.85. The van der Waals surface area contributed by atoms with Crippen molar-refractivity contribution in [3.63, 3.8) is 0 Å². The van der Waals surface area contributed by atoms with Crippen LogP contribution < -0.4 is 4.74 Å². The lowest BCUT2D eigenvalue weighted by molar-refractivity contribution is -0.347. The van der Waals surface area contributed by atoms with E-state index in [0.29, 0.717) is 24.8 Å². The van der Waals surface area contributed by atoms with E-state index in [1.54, 1.807) is 26.0 Å². The first-order chi connectivity index (χ1) is 17.3. The van der Waals surface area contributed by atoms with Crippen molar-refractivity contribution >= 4 is 0 Å². The molecule has 0 radical (unpaired) electrons. The van der Waals surface area contributed by atoms with Crippen LogP contribution in [0.4, 0.5) is 17.6 Å². The quantitative estimate of drug-likeness (QED) is 0.391. The molecule has 6 rings (SSSR count). The van der Waals surface area contributed by atoms with Gasteiger partial charge in [-0.1, -0.05) is 12.1 Å². The summed E-state index contributed by atoms with van der Waals surface area (Å²) in [7, 11) is 0. The van der Waals surface area contributed by atoms with Crippen LogP contribution in [0.15, 0.2) is 48.8 Å². The molecule has 2 bridgehead atoms. The summed E-state index contributed by atoms with van der Waals surface area (Å²) >= 11 is 0. The second-order valence-electron chi connectivity index (χ2n) is 11.1. The molecule has 2 N–H and O–H groups in total. The molecule has 0 spiro atoms. The largest absolute Gasteiger partial charge is 0.493 e. The van der Waals surface area contributed by atoms with Gasteiger partial charge < -0.3 is 14.9 Å². The molecule has 37 heavy (non-hydrogen) atoms. The number of hydrogen-bond donors (Lipinski definition) is 2. The Balaban J connectivity index is 1.36. The lowest BCUT2D eigenvalue weighted by Crippen LogP contribution is -2.76. The Morgan fingerprint density at radius 3 is 2.27 bits per heavy atom. The molecule has 0 amide bonds. The van der Waals surface area contributed by atoms with Gasteiger partial charge in [-0.25, -0.2) is 22.2 Å². The van der Waals surface area contributed by atoms with Gasteiger partial charge in [-0.15, -0.1) is 5.10 Å². The average Bonchev–Trinajstić information content (AvgIpc) is 3.24. The van der Waals surface area contributed by atoms with Gasteiger partial charge in [0, 0.05) is 23.5 Å². The van der Waals surface area contributed by atoms with E-state index in [-0.39, 0.29) is 19.3 Å². The van der Waals surface area contributed by atoms with Crippen molar-refractivity contribution in [2.45, 2.75) is 68.6 Å². The van der Waals surface area contributed by atoms with E-state index in [9.17, 15) is 19.0 Å². The summed E-state index contributed by atoms with van der Waals surface area (Å²) in [5, 5.41) is 31.6. The standard InChI is InChI=1S/C26H28F4N4O3/c1-22(2,35)9-10-37-19-6-3-17(4-7-19)23-12-24(13-23,14-23)26(29,30)25(36,15-34-16-31-32-33-34)20-8-5-18(27)11-21(20)28/h3-8,11,16,35-36H,9-10,12-15H2,1-2H3/t23?,24?,25-/m1/s1. The van der Waals surface area contributed by atoms with E-state index >= 15 is 8.78 Å². The number of aromatic nitrogens is 4. The van der Waals surface area contributed by atoms with Crippen molar-refractivity contribution in [2.75, 3.05) is 6.61 Å². The zero-order valence-electron chi connectivity index (χ0n) is 20.5. The fourth-order valence-corrected chi connectivity index (χ4v) is 5.85. The van der Waals surface area contributed by atoms with Gasteiger partial charge in [0.1, 0.15) is 23.7 Å². The van der Waals surface area contributed by atoms with E-state index in [1.165, 1.54) is 0 Å². The number of alkyl halides is 2. The molecule has 0 saturated heterocycles. The molecule has 3 fully saturated rings. The number of hydrogen-bond acceptors (Lipinski definition) is 6. The SMILES string of the molecule is CC(C)(O)CCOc1ccc(C23CC(C(F)(F)[C@@](O)(Cn4cnnn4)c4ccc(F)cc4F)(C2)C3)cc1. The third kappa shape index (κ3) is 4.17. The Morgan fingerprint density at radius 2 is 1.70 bits per heavy atom. The summed E-state index contributed by atoms with van der Waals surface area (Å²) in [5.41, 5.74) is -5.69. The first-order valence-corrected chi connectivity index (χ1v) is 12.0.